The summed E-state index contributed by atoms with van der Waals surface area (Å²) in [7, 11) is 0. The number of aliphatic carboxylic acids is 2. The van der Waals surface area contributed by atoms with Gasteiger partial charge in [-0.25, -0.2) is 0 Å². The highest BCUT2D eigenvalue weighted by atomic mass is 16.4. The van der Waals surface area contributed by atoms with E-state index in [1.54, 1.807) is 0 Å². The summed E-state index contributed by atoms with van der Waals surface area (Å²) in [6.07, 6.45) is 0.462. The lowest BCUT2D eigenvalue weighted by atomic mass is 10.0. The Morgan fingerprint density at radius 2 is 1.09 bits per heavy atom. The molecule has 2 aromatic rings. The third kappa shape index (κ3) is 5.23. The van der Waals surface area contributed by atoms with Gasteiger partial charge in [0.1, 0.15) is 12.1 Å². The monoisotopic (exact) mass is 313 g/mol. The molecule has 0 heterocycles. The first-order valence-electron chi connectivity index (χ1n) is 7.36. The van der Waals surface area contributed by atoms with Gasteiger partial charge in [0.15, 0.2) is 0 Å². The summed E-state index contributed by atoms with van der Waals surface area (Å²) in [6.45, 7) is 0. The zero-order valence-corrected chi connectivity index (χ0v) is 12.6. The molecule has 0 spiro atoms. The summed E-state index contributed by atoms with van der Waals surface area (Å²) >= 11 is 0. The lowest BCUT2D eigenvalue weighted by molar-refractivity contribution is -0.142. The summed E-state index contributed by atoms with van der Waals surface area (Å²) in [5, 5.41) is 21.5. The molecule has 2 rings (SSSR count). The van der Waals surface area contributed by atoms with Crippen molar-refractivity contribution in [2.45, 2.75) is 24.9 Å². The quantitative estimate of drug-likeness (QED) is 0.693. The maximum atomic E-state index is 11.5. The molecular formula is C18H19NO4. The van der Waals surface area contributed by atoms with Gasteiger partial charge >= 0.3 is 11.9 Å². The molecule has 5 heteroatoms. The summed E-state index contributed by atoms with van der Waals surface area (Å²) in [6, 6.07) is 16.4. The number of nitrogens with one attached hydrogen (secondary N) is 1. The van der Waals surface area contributed by atoms with Gasteiger partial charge in [0, 0.05) is 0 Å². The van der Waals surface area contributed by atoms with Crippen molar-refractivity contribution in [2.24, 2.45) is 0 Å². The third-order valence-corrected chi connectivity index (χ3v) is 3.56. The molecule has 0 aliphatic carbocycles. The highest BCUT2D eigenvalue weighted by molar-refractivity contribution is 5.78. The Bertz CT molecular complexity index is 585. The van der Waals surface area contributed by atoms with Crippen LogP contribution in [0.1, 0.15) is 11.1 Å². The number of carboxylic acids is 2. The summed E-state index contributed by atoms with van der Waals surface area (Å²) in [4.78, 5) is 22.9. The van der Waals surface area contributed by atoms with E-state index in [4.69, 9.17) is 0 Å². The van der Waals surface area contributed by atoms with Crippen molar-refractivity contribution in [1.82, 2.24) is 5.32 Å². The highest BCUT2D eigenvalue weighted by Gasteiger charge is 2.26. The van der Waals surface area contributed by atoms with Crippen LogP contribution in [0.5, 0.6) is 0 Å². The van der Waals surface area contributed by atoms with Gasteiger partial charge in [-0.1, -0.05) is 60.7 Å². The predicted molar refractivity (Wildman–Crippen MR) is 86.3 cm³/mol. The van der Waals surface area contributed by atoms with Crippen LogP contribution in [0.15, 0.2) is 60.7 Å². The van der Waals surface area contributed by atoms with Crippen molar-refractivity contribution in [1.29, 1.82) is 0 Å². The van der Waals surface area contributed by atoms with Gasteiger partial charge in [0.25, 0.3) is 0 Å². The molecule has 3 N–H and O–H groups in total. The Hall–Kier alpha value is -2.66. The van der Waals surface area contributed by atoms with Crippen LogP contribution in [0.4, 0.5) is 0 Å². The minimum Gasteiger partial charge on any atom is -0.480 e. The van der Waals surface area contributed by atoms with Gasteiger partial charge in [0.05, 0.1) is 0 Å². The molecule has 0 bridgehead atoms. The van der Waals surface area contributed by atoms with Crippen LogP contribution in [0.3, 0.4) is 0 Å². The first kappa shape index (κ1) is 16.7. The van der Waals surface area contributed by atoms with Gasteiger partial charge in [-0.05, 0) is 24.0 Å². The predicted octanol–water partition coefficient (Wildman–Crippen LogP) is 1.97. The van der Waals surface area contributed by atoms with Crippen LogP contribution in [-0.4, -0.2) is 34.2 Å². The molecule has 120 valence electrons. The average Bonchev–Trinajstić information content (AvgIpc) is 2.55. The lowest BCUT2D eigenvalue weighted by Gasteiger charge is -2.20. The molecule has 0 aromatic heterocycles. The fraction of sp³-hybridized carbons (Fsp3) is 0.222. The second-order valence-electron chi connectivity index (χ2n) is 5.33. The van der Waals surface area contributed by atoms with Gasteiger partial charge in [-0.15, -0.1) is 0 Å². The summed E-state index contributed by atoms with van der Waals surface area (Å²) in [5.74, 6) is -2.12. The first-order valence-corrected chi connectivity index (χ1v) is 7.36. The second kappa shape index (κ2) is 8.10. The van der Waals surface area contributed by atoms with Gasteiger partial charge in [-0.2, -0.15) is 0 Å². The second-order valence-corrected chi connectivity index (χ2v) is 5.33. The highest BCUT2D eigenvalue weighted by Crippen LogP contribution is 2.08. The van der Waals surface area contributed by atoms with Crippen molar-refractivity contribution in [2.75, 3.05) is 0 Å². The zero-order valence-electron chi connectivity index (χ0n) is 12.6. The molecule has 2 aromatic carbocycles. The molecule has 0 aliphatic heterocycles. The van der Waals surface area contributed by atoms with E-state index in [1.807, 2.05) is 60.7 Å². The Labute approximate surface area is 134 Å². The number of hydrogen-bond donors (Lipinski definition) is 3. The van der Waals surface area contributed by atoms with Gasteiger partial charge in [-0.3, -0.25) is 14.9 Å². The van der Waals surface area contributed by atoms with Crippen LogP contribution in [-0.2, 0) is 22.4 Å². The minimum absolute atomic E-state index is 0.231. The van der Waals surface area contributed by atoms with Crippen LogP contribution >= 0.6 is 0 Å². The molecule has 0 amide bonds. The van der Waals surface area contributed by atoms with E-state index in [1.165, 1.54) is 0 Å². The molecule has 0 radical (unpaired) electrons. The van der Waals surface area contributed by atoms with Crippen molar-refractivity contribution in [3.63, 3.8) is 0 Å². The molecule has 2 atom stereocenters. The number of rotatable bonds is 8. The number of carbonyl (C=O) groups is 2. The van der Waals surface area contributed by atoms with Crippen molar-refractivity contribution in [3.05, 3.63) is 71.8 Å². The van der Waals surface area contributed by atoms with E-state index in [2.05, 4.69) is 5.32 Å². The molecule has 0 saturated carbocycles. The normalized spacial score (nSPS) is 13.2. The third-order valence-electron chi connectivity index (χ3n) is 3.56. The fourth-order valence-electron chi connectivity index (χ4n) is 2.38. The Morgan fingerprint density at radius 1 is 0.739 bits per heavy atom. The standard InChI is InChI=1S/C18H19NO4/c20-17(21)15(11-13-7-3-1-4-8-13)19-16(18(22)23)12-14-9-5-2-6-10-14/h1-10,15-16,19H,11-12H2,(H,20,21)(H,22,23)/t15-,16-/m1/s1. The smallest absolute Gasteiger partial charge is 0.321 e. The van der Waals surface area contributed by atoms with Crippen LogP contribution < -0.4 is 5.32 Å². The van der Waals surface area contributed by atoms with Crippen molar-refractivity contribution >= 4 is 11.9 Å². The van der Waals surface area contributed by atoms with E-state index in [0.717, 1.165) is 11.1 Å². The fourth-order valence-corrected chi connectivity index (χ4v) is 2.38. The topological polar surface area (TPSA) is 86.6 Å². The molecule has 5 nitrogen and oxygen atoms in total. The van der Waals surface area contributed by atoms with E-state index in [9.17, 15) is 19.8 Å². The van der Waals surface area contributed by atoms with Crippen molar-refractivity contribution in [3.8, 4) is 0 Å². The number of benzene rings is 2. The van der Waals surface area contributed by atoms with Crippen molar-refractivity contribution < 1.29 is 19.8 Å². The molecule has 23 heavy (non-hydrogen) atoms. The largest absolute Gasteiger partial charge is 0.480 e. The summed E-state index contributed by atoms with van der Waals surface area (Å²) in [5.41, 5.74) is 1.69. The number of hydrogen-bond acceptors (Lipinski definition) is 3. The molecular weight excluding hydrogens is 294 g/mol. The van der Waals surface area contributed by atoms with Crippen LogP contribution in [0, 0.1) is 0 Å². The Morgan fingerprint density at radius 3 is 1.39 bits per heavy atom. The Kier molecular flexibility index (Phi) is 5.88. The van der Waals surface area contributed by atoms with Gasteiger partial charge in [0.2, 0.25) is 0 Å². The van der Waals surface area contributed by atoms with Crippen LogP contribution in [0.2, 0.25) is 0 Å². The Balaban J connectivity index is 2.08. The first-order chi connectivity index (χ1) is 11.1. The van der Waals surface area contributed by atoms with E-state index in [-0.39, 0.29) is 12.8 Å². The molecule has 0 fully saturated rings. The average molecular weight is 313 g/mol. The summed E-state index contributed by atoms with van der Waals surface area (Å²) < 4.78 is 0. The van der Waals surface area contributed by atoms with E-state index >= 15 is 0 Å². The molecule has 0 aliphatic rings. The maximum absolute atomic E-state index is 11.5. The van der Waals surface area contributed by atoms with E-state index < -0.39 is 24.0 Å². The minimum atomic E-state index is -1.06. The zero-order chi connectivity index (χ0) is 16.7. The molecule has 0 unspecified atom stereocenters. The maximum Gasteiger partial charge on any atom is 0.321 e. The van der Waals surface area contributed by atoms with Gasteiger partial charge < -0.3 is 10.2 Å². The van der Waals surface area contributed by atoms with E-state index in [0.29, 0.717) is 0 Å². The van der Waals surface area contributed by atoms with Crippen LogP contribution in [0.25, 0.3) is 0 Å². The molecule has 0 saturated heterocycles. The SMILES string of the molecule is O=C(O)[C@@H](Cc1ccccc1)N[C@H](Cc1ccccc1)C(=O)O. The lowest BCUT2D eigenvalue weighted by Crippen LogP contribution is -2.49. The number of carboxylic acid groups (broad SMARTS) is 2.